The van der Waals surface area contributed by atoms with Crippen molar-refractivity contribution < 1.29 is 4.79 Å². The molecule has 88 valence electrons. The van der Waals surface area contributed by atoms with Gasteiger partial charge in [-0.25, -0.2) is 0 Å². The van der Waals surface area contributed by atoms with Gasteiger partial charge in [0.25, 0.3) is 5.91 Å². The first-order chi connectivity index (χ1) is 8.09. The molecule has 0 aliphatic carbocycles. The number of carbonyl (C=O) groups excluding carboxylic acids is 1. The Morgan fingerprint density at radius 3 is 2.65 bits per heavy atom. The maximum atomic E-state index is 11.9. The smallest absolute Gasteiger partial charge is 0.267 e. The number of rotatable bonds is 2. The summed E-state index contributed by atoms with van der Waals surface area (Å²) >= 11 is 16.4. The van der Waals surface area contributed by atoms with Gasteiger partial charge in [0, 0.05) is 0 Å². The van der Waals surface area contributed by atoms with Gasteiger partial charge in [-0.1, -0.05) is 29.3 Å². The zero-order chi connectivity index (χ0) is 12.4. The summed E-state index contributed by atoms with van der Waals surface area (Å²) in [6.07, 6.45) is 0. The van der Waals surface area contributed by atoms with Crippen LogP contribution in [0.15, 0.2) is 34.1 Å². The Kier molecular flexibility index (Phi) is 4.09. The third-order valence-electron chi connectivity index (χ3n) is 2.02. The van der Waals surface area contributed by atoms with E-state index in [-0.39, 0.29) is 5.91 Å². The molecule has 0 radical (unpaired) electrons. The minimum atomic E-state index is -0.243. The van der Waals surface area contributed by atoms with Gasteiger partial charge in [0.1, 0.15) is 4.88 Å². The van der Waals surface area contributed by atoms with Gasteiger partial charge < -0.3 is 5.32 Å². The molecule has 1 heterocycles. The van der Waals surface area contributed by atoms with Crippen LogP contribution in [0.4, 0.5) is 5.69 Å². The fourth-order valence-corrected chi connectivity index (χ4v) is 2.81. The van der Waals surface area contributed by atoms with Gasteiger partial charge in [0.15, 0.2) is 0 Å². The van der Waals surface area contributed by atoms with Gasteiger partial charge in [-0.3, -0.25) is 4.79 Å². The first-order valence-electron chi connectivity index (χ1n) is 4.58. The van der Waals surface area contributed by atoms with Gasteiger partial charge in [-0.15, -0.1) is 11.3 Å². The molecule has 0 unspecified atom stereocenters. The van der Waals surface area contributed by atoms with Gasteiger partial charge in [0.05, 0.1) is 20.2 Å². The number of carbonyl (C=O) groups is 1. The predicted molar refractivity (Wildman–Crippen MR) is 76.4 cm³/mol. The molecule has 0 bridgehead atoms. The second-order valence-electron chi connectivity index (χ2n) is 3.15. The van der Waals surface area contributed by atoms with E-state index in [1.54, 1.807) is 29.6 Å². The van der Waals surface area contributed by atoms with Crippen molar-refractivity contribution in [2.45, 2.75) is 0 Å². The van der Waals surface area contributed by atoms with E-state index < -0.39 is 0 Å². The summed E-state index contributed by atoms with van der Waals surface area (Å²) in [6.45, 7) is 0. The van der Waals surface area contributed by atoms with Crippen molar-refractivity contribution in [3.63, 3.8) is 0 Å². The van der Waals surface area contributed by atoms with Crippen LogP contribution in [-0.4, -0.2) is 5.91 Å². The van der Waals surface area contributed by atoms with Gasteiger partial charge in [0.2, 0.25) is 0 Å². The average molecular weight is 351 g/mol. The Morgan fingerprint density at radius 2 is 2.00 bits per heavy atom. The molecule has 0 aliphatic heterocycles. The molecule has 2 rings (SSSR count). The largest absolute Gasteiger partial charge is 0.320 e. The van der Waals surface area contributed by atoms with Crippen molar-refractivity contribution in [3.05, 3.63) is 49.0 Å². The monoisotopic (exact) mass is 349 g/mol. The number of thiophene rings is 1. The molecule has 0 saturated heterocycles. The van der Waals surface area contributed by atoms with Gasteiger partial charge in [-0.05, 0) is 39.5 Å². The predicted octanol–water partition coefficient (Wildman–Crippen LogP) is 5.07. The lowest BCUT2D eigenvalue weighted by Gasteiger charge is -2.07. The van der Waals surface area contributed by atoms with E-state index in [1.165, 1.54) is 11.3 Å². The molecule has 0 saturated carbocycles. The van der Waals surface area contributed by atoms with Crippen molar-refractivity contribution >= 4 is 62.1 Å². The molecule has 17 heavy (non-hydrogen) atoms. The van der Waals surface area contributed by atoms with E-state index in [2.05, 4.69) is 21.2 Å². The summed E-state index contributed by atoms with van der Waals surface area (Å²) in [7, 11) is 0. The Morgan fingerprint density at radius 1 is 1.24 bits per heavy atom. The highest BCUT2D eigenvalue weighted by Gasteiger charge is 2.13. The zero-order valence-corrected chi connectivity index (χ0v) is 12.3. The first kappa shape index (κ1) is 12.9. The molecule has 0 spiro atoms. The van der Waals surface area contributed by atoms with Crippen LogP contribution in [0.3, 0.4) is 0 Å². The fraction of sp³-hybridized carbons (Fsp3) is 0. The van der Waals surface area contributed by atoms with Crippen LogP contribution in [0.5, 0.6) is 0 Å². The SMILES string of the molecule is O=C(Nc1cccc(Cl)c1Br)c1sccc1Cl. The summed E-state index contributed by atoms with van der Waals surface area (Å²) in [5, 5.41) is 5.51. The number of hydrogen-bond donors (Lipinski definition) is 1. The summed E-state index contributed by atoms with van der Waals surface area (Å²) in [6, 6.07) is 6.95. The normalized spacial score (nSPS) is 10.3. The lowest BCUT2D eigenvalue weighted by molar-refractivity contribution is 0.103. The molecule has 0 aliphatic rings. The van der Waals surface area contributed by atoms with Crippen LogP contribution in [-0.2, 0) is 0 Å². The summed E-state index contributed by atoms with van der Waals surface area (Å²) in [5.74, 6) is -0.243. The van der Waals surface area contributed by atoms with E-state index in [9.17, 15) is 4.79 Å². The molecule has 1 N–H and O–H groups in total. The van der Waals surface area contributed by atoms with E-state index in [0.717, 1.165) is 0 Å². The van der Waals surface area contributed by atoms with Crippen LogP contribution in [0.2, 0.25) is 10.0 Å². The van der Waals surface area contributed by atoms with Crippen molar-refractivity contribution in [2.24, 2.45) is 0 Å². The molecule has 6 heteroatoms. The number of benzene rings is 1. The molecule has 0 atom stereocenters. The van der Waals surface area contributed by atoms with Crippen molar-refractivity contribution in [1.29, 1.82) is 0 Å². The summed E-state index contributed by atoms with van der Waals surface area (Å²) in [4.78, 5) is 12.4. The van der Waals surface area contributed by atoms with Gasteiger partial charge >= 0.3 is 0 Å². The van der Waals surface area contributed by atoms with E-state index in [1.807, 2.05) is 0 Å². The second-order valence-corrected chi connectivity index (χ2v) is 5.68. The molecule has 0 fully saturated rings. The number of halogens is 3. The Labute approximate surface area is 121 Å². The third kappa shape index (κ3) is 2.83. The average Bonchev–Trinajstić information content (AvgIpc) is 2.71. The lowest BCUT2D eigenvalue weighted by atomic mass is 10.3. The molecule has 1 aromatic carbocycles. The molecule has 1 aromatic heterocycles. The minimum absolute atomic E-state index is 0.243. The molecule has 1 amide bonds. The van der Waals surface area contributed by atoms with Gasteiger partial charge in [-0.2, -0.15) is 0 Å². The van der Waals surface area contributed by atoms with Crippen LogP contribution in [0, 0.1) is 0 Å². The lowest BCUT2D eigenvalue weighted by Crippen LogP contribution is -2.11. The van der Waals surface area contributed by atoms with Crippen LogP contribution >= 0.6 is 50.5 Å². The van der Waals surface area contributed by atoms with E-state index in [0.29, 0.717) is 25.1 Å². The number of nitrogens with one attached hydrogen (secondary N) is 1. The number of hydrogen-bond acceptors (Lipinski definition) is 2. The van der Waals surface area contributed by atoms with Crippen molar-refractivity contribution in [2.75, 3.05) is 5.32 Å². The summed E-state index contributed by atoms with van der Waals surface area (Å²) < 4.78 is 0.655. The standard InChI is InChI=1S/C11H6BrCl2NOS/c12-9-6(13)2-1-3-8(9)15-11(16)10-7(14)4-5-17-10/h1-5H,(H,15,16). The van der Waals surface area contributed by atoms with E-state index in [4.69, 9.17) is 23.2 Å². The molecule has 2 aromatic rings. The van der Waals surface area contributed by atoms with Crippen LogP contribution < -0.4 is 5.32 Å². The van der Waals surface area contributed by atoms with Crippen molar-refractivity contribution in [3.8, 4) is 0 Å². The minimum Gasteiger partial charge on any atom is -0.320 e. The Hall–Kier alpha value is -0.550. The highest BCUT2D eigenvalue weighted by Crippen LogP contribution is 2.31. The molecule has 2 nitrogen and oxygen atoms in total. The topological polar surface area (TPSA) is 29.1 Å². The zero-order valence-electron chi connectivity index (χ0n) is 8.34. The van der Waals surface area contributed by atoms with Crippen molar-refractivity contribution in [1.82, 2.24) is 0 Å². The number of amides is 1. The highest BCUT2D eigenvalue weighted by molar-refractivity contribution is 9.10. The third-order valence-corrected chi connectivity index (χ3v) is 4.76. The fourth-order valence-electron chi connectivity index (χ4n) is 1.24. The molecular weight excluding hydrogens is 345 g/mol. The number of anilines is 1. The summed E-state index contributed by atoms with van der Waals surface area (Å²) in [5.41, 5.74) is 0.618. The Balaban J connectivity index is 2.25. The quantitative estimate of drug-likeness (QED) is 0.804. The highest BCUT2D eigenvalue weighted by atomic mass is 79.9. The van der Waals surface area contributed by atoms with E-state index >= 15 is 0 Å². The van der Waals surface area contributed by atoms with Crippen LogP contribution in [0.25, 0.3) is 0 Å². The first-order valence-corrected chi connectivity index (χ1v) is 7.01. The van der Waals surface area contributed by atoms with Crippen LogP contribution in [0.1, 0.15) is 9.67 Å². The Bertz CT molecular complexity index is 570. The maximum Gasteiger partial charge on any atom is 0.267 e. The maximum absolute atomic E-state index is 11.9. The molecular formula is C11H6BrCl2NOS. The second kappa shape index (κ2) is 5.40.